The molecule has 0 heterocycles. The molecule has 0 saturated carbocycles. The fourth-order valence-corrected chi connectivity index (χ4v) is 2.87. The maximum atomic E-state index is 12.4. The first kappa shape index (κ1) is 18.1. The van der Waals surface area contributed by atoms with Crippen molar-refractivity contribution in [1.29, 1.82) is 0 Å². The molecule has 0 saturated heterocycles. The first-order chi connectivity index (χ1) is 11.6. The predicted octanol–water partition coefficient (Wildman–Crippen LogP) is 5.23. The lowest BCUT2D eigenvalue weighted by molar-refractivity contribution is 0.103. The second-order valence-corrected chi connectivity index (χ2v) is 6.21. The number of carbonyl (C=O) groups is 1. The Kier molecular flexibility index (Phi) is 6.86. The molecule has 0 radical (unpaired) electrons. The smallest absolute Gasteiger partial charge is 0.193 e. The van der Waals surface area contributed by atoms with Gasteiger partial charge in [-0.25, -0.2) is 0 Å². The summed E-state index contributed by atoms with van der Waals surface area (Å²) >= 11 is 0. The summed E-state index contributed by atoms with van der Waals surface area (Å²) in [7, 11) is 0. The van der Waals surface area contributed by atoms with E-state index in [1.54, 1.807) is 24.3 Å². The van der Waals surface area contributed by atoms with E-state index in [1.807, 2.05) is 6.07 Å². The molecule has 2 rings (SSSR count). The monoisotopic (exact) mass is 326 g/mol. The molecule has 0 atom stereocenters. The van der Waals surface area contributed by atoms with Crippen LogP contribution < -0.4 is 0 Å². The number of hydrogen-bond donors (Lipinski definition) is 2. The van der Waals surface area contributed by atoms with Gasteiger partial charge < -0.3 is 10.2 Å². The first-order valence-electron chi connectivity index (χ1n) is 8.78. The van der Waals surface area contributed by atoms with Crippen molar-refractivity contribution in [3.05, 3.63) is 59.2 Å². The molecule has 0 fully saturated rings. The minimum Gasteiger partial charge on any atom is -0.508 e. The Labute approximate surface area is 144 Å². The SMILES string of the molecule is CCCCCCCCc1c(O)cc(C(=O)c2ccccc2)cc1O. The number of aromatic hydroxyl groups is 2. The average Bonchev–Trinajstić information content (AvgIpc) is 2.59. The van der Waals surface area contributed by atoms with Crippen LogP contribution in [0.15, 0.2) is 42.5 Å². The van der Waals surface area contributed by atoms with Crippen LogP contribution in [0.3, 0.4) is 0 Å². The van der Waals surface area contributed by atoms with Crippen molar-refractivity contribution in [2.24, 2.45) is 0 Å². The van der Waals surface area contributed by atoms with Gasteiger partial charge in [-0.15, -0.1) is 0 Å². The van der Waals surface area contributed by atoms with E-state index in [-0.39, 0.29) is 17.3 Å². The number of phenols is 2. The molecule has 2 aromatic rings. The lowest BCUT2D eigenvalue weighted by Gasteiger charge is -2.10. The summed E-state index contributed by atoms with van der Waals surface area (Å²) in [6.07, 6.45) is 7.54. The first-order valence-corrected chi connectivity index (χ1v) is 8.78. The summed E-state index contributed by atoms with van der Waals surface area (Å²) in [5.41, 5.74) is 1.39. The van der Waals surface area contributed by atoms with E-state index in [0.717, 1.165) is 12.8 Å². The Balaban J connectivity index is 2.02. The maximum absolute atomic E-state index is 12.4. The minimum atomic E-state index is -0.202. The zero-order chi connectivity index (χ0) is 17.4. The highest BCUT2D eigenvalue weighted by Crippen LogP contribution is 2.31. The number of carbonyl (C=O) groups excluding carboxylic acids is 1. The number of phenolic OH excluding ortho intramolecular Hbond substituents is 2. The van der Waals surface area contributed by atoms with Gasteiger partial charge in [0.15, 0.2) is 5.78 Å². The van der Waals surface area contributed by atoms with E-state index in [9.17, 15) is 15.0 Å². The van der Waals surface area contributed by atoms with Crippen LogP contribution in [-0.4, -0.2) is 16.0 Å². The van der Waals surface area contributed by atoms with Gasteiger partial charge in [0.1, 0.15) is 11.5 Å². The highest BCUT2D eigenvalue weighted by molar-refractivity contribution is 6.09. The van der Waals surface area contributed by atoms with Gasteiger partial charge in [0.25, 0.3) is 0 Å². The quantitative estimate of drug-likeness (QED) is 0.490. The van der Waals surface area contributed by atoms with Gasteiger partial charge in [-0.05, 0) is 25.0 Å². The molecule has 2 aromatic carbocycles. The topological polar surface area (TPSA) is 57.5 Å². The largest absolute Gasteiger partial charge is 0.508 e. The van der Waals surface area contributed by atoms with Crippen LogP contribution in [0.2, 0.25) is 0 Å². The zero-order valence-electron chi connectivity index (χ0n) is 14.3. The van der Waals surface area contributed by atoms with Crippen molar-refractivity contribution in [3.8, 4) is 11.5 Å². The van der Waals surface area contributed by atoms with Crippen molar-refractivity contribution in [2.45, 2.75) is 51.9 Å². The number of benzene rings is 2. The van der Waals surface area contributed by atoms with Crippen molar-refractivity contribution < 1.29 is 15.0 Å². The number of rotatable bonds is 9. The van der Waals surface area contributed by atoms with Crippen LogP contribution in [0.1, 0.15) is 66.9 Å². The van der Waals surface area contributed by atoms with Crippen LogP contribution >= 0.6 is 0 Å². The summed E-state index contributed by atoms with van der Waals surface area (Å²) in [6, 6.07) is 11.8. The Morgan fingerprint density at radius 3 is 2.04 bits per heavy atom. The van der Waals surface area contributed by atoms with Crippen LogP contribution in [0.25, 0.3) is 0 Å². The number of unbranched alkanes of at least 4 members (excludes halogenated alkanes) is 5. The second-order valence-electron chi connectivity index (χ2n) is 6.21. The molecule has 3 heteroatoms. The summed E-state index contributed by atoms with van der Waals surface area (Å²) < 4.78 is 0. The molecule has 0 aromatic heterocycles. The van der Waals surface area contributed by atoms with Crippen molar-refractivity contribution in [2.75, 3.05) is 0 Å². The molecule has 2 N–H and O–H groups in total. The molecule has 0 aliphatic rings. The van der Waals surface area contributed by atoms with Gasteiger partial charge in [0.2, 0.25) is 0 Å². The molecule has 128 valence electrons. The van der Waals surface area contributed by atoms with E-state index in [4.69, 9.17) is 0 Å². The summed E-state index contributed by atoms with van der Waals surface area (Å²) in [6.45, 7) is 2.19. The van der Waals surface area contributed by atoms with Gasteiger partial charge in [-0.3, -0.25) is 4.79 Å². The van der Waals surface area contributed by atoms with Crippen LogP contribution in [0.5, 0.6) is 11.5 Å². The third kappa shape index (κ3) is 4.85. The fourth-order valence-electron chi connectivity index (χ4n) is 2.87. The summed E-state index contributed by atoms with van der Waals surface area (Å²) in [5, 5.41) is 20.4. The maximum Gasteiger partial charge on any atom is 0.193 e. The highest BCUT2D eigenvalue weighted by Gasteiger charge is 2.15. The Hall–Kier alpha value is -2.29. The van der Waals surface area contributed by atoms with Gasteiger partial charge in [-0.1, -0.05) is 69.4 Å². The number of ketones is 1. The molecule has 0 spiro atoms. The van der Waals surface area contributed by atoms with E-state index in [1.165, 1.54) is 37.8 Å². The lowest BCUT2D eigenvalue weighted by Crippen LogP contribution is -2.02. The van der Waals surface area contributed by atoms with Gasteiger partial charge >= 0.3 is 0 Å². The normalized spacial score (nSPS) is 10.7. The van der Waals surface area contributed by atoms with Crippen molar-refractivity contribution in [1.82, 2.24) is 0 Å². The molecule has 0 amide bonds. The van der Waals surface area contributed by atoms with Crippen molar-refractivity contribution >= 4 is 5.78 Å². The van der Waals surface area contributed by atoms with Gasteiger partial charge in [-0.2, -0.15) is 0 Å². The predicted molar refractivity (Wildman–Crippen MR) is 96.7 cm³/mol. The molecular formula is C21H26O3. The van der Waals surface area contributed by atoms with Crippen molar-refractivity contribution in [3.63, 3.8) is 0 Å². The second kappa shape index (κ2) is 9.11. The molecule has 3 nitrogen and oxygen atoms in total. The molecule has 24 heavy (non-hydrogen) atoms. The molecule has 0 bridgehead atoms. The molecular weight excluding hydrogens is 300 g/mol. The molecule has 0 aliphatic heterocycles. The van der Waals surface area contributed by atoms with Gasteiger partial charge in [0.05, 0.1) is 0 Å². The fraction of sp³-hybridized carbons (Fsp3) is 0.381. The Morgan fingerprint density at radius 2 is 1.42 bits per heavy atom. The zero-order valence-corrected chi connectivity index (χ0v) is 14.3. The summed E-state index contributed by atoms with van der Waals surface area (Å²) in [4.78, 5) is 12.4. The van der Waals surface area contributed by atoms with E-state index in [2.05, 4.69) is 6.92 Å². The average molecular weight is 326 g/mol. The minimum absolute atomic E-state index is 0.00263. The third-order valence-electron chi connectivity index (χ3n) is 4.28. The molecule has 0 aliphatic carbocycles. The van der Waals surface area contributed by atoms with Crippen LogP contribution in [-0.2, 0) is 6.42 Å². The Morgan fingerprint density at radius 1 is 0.833 bits per heavy atom. The van der Waals surface area contributed by atoms with E-state index >= 15 is 0 Å². The number of hydrogen-bond acceptors (Lipinski definition) is 3. The Bertz CT molecular complexity index is 639. The highest BCUT2D eigenvalue weighted by atomic mass is 16.3. The van der Waals surface area contributed by atoms with Crippen LogP contribution in [0, 0.1) is 0 Å². The van der Waals surface area contributed by atoms with E-state index in [0.29, 0.717) is 23.1 Å². The van der Waals surface area contributed by atoms with Crippen LogP contribution in [0.4, 0.5) is 0 Å². The standard InChI is InChI=1S/C21H26O3/c1-2-3-4-5-6-10-13-18-19(22)14-17(15-20(18)23)21(24)16-11-8-7-9-12-16/h7-9,11-12,14-15,22-23H,2-6,10,13H2,1H3. The summed E-state index contributed by atoms with van der Waals surface area (Å²) in [5.74, 6) is -0.196. The lowest BCUT2D eigenvalue weighted by atomic mass is 9.98. The third-order valence-corrected chi connectivity index (χ3v) is 4.28. The molecule has 0 unspecified atom stereocenters. The van der Waals surface area contributed by atoms with E-state index < -0.39 is 0 Å². The van der Waals surface area contributed by atoms with Gasteiger partial charge in [0, 0.05) is 16.7 Å².